The Kier molecular flexibility index (Phi) is 3.79. The van der Waals surface area contributed by atoms with E-state index in [9.17, 15) is 0 Å². The van der Waals surface area contributed by atoms with Crippen LogP contribution in [0, 0.1) is 5.92 Å². The fourth-order valence-electron chi connectivity index (χ4n) is 4.78. The quantitative estimate of drug-likeness (QED) is 0.636. The van der Waals surface area contributed by atoms with Gasteiger partial charge in [0.1, 0.15) is 5.75 Å². The SMILES string of the molecule is CCC(C)=C1C2CCN(CC2)C1Oc1ccc2c(c1)[nH]c1ccccc12. The zero-order chi connectivity index (χ0) is 17.7. The maximum atomic E-state index is 6.58. The summed E-state index contributed by atoms with van der Waals surface area (Å²) in [5, 5.41) is 2.54. The first kappa shape index (κ1) is 16.0. The average Bonchev–Trinajstić information content (AvgIpc) is 3.06. The van der Waals surface area contributed by atoms with Crippen molar-refractivity contribution in [2.75, 3.05) is 13.1 Å². The predicted molar refractivity (Wildman–Crippen MR) is 108 cm³/mol. The van der Waals surface area contributed by atoms with Crippen LogP contribution in [0.5, 0.6) is 5.75 Å². The third-order valence-corrected chi connectivity index (χ3v) is 6.32. The highest BCUT2D eigenvalue weighted by atomic mass is 16.5. The second-order valence-corrected chi connectivity index (χ2v) is 7.75. The lowest BCUT2D eigenvalue weighted by Crippen LogP contribution is -2.53. The zero-order valence-corrected chi connectivity index (χ0v) is 15.6. The van der Waals surface area contributed by atoms with Crippen LogP contribution in [-0.2, 0) is 0 Å². The molecule has 0 amide bonds. The lowest BCUT2D eigenvalue weighted by atomic mass is 9.79. The first-order valence-corrected chi connectivity index (χ1v) is 9.85. The molecule has 26 heavy (non-hydrogen) atoms. The van der Waals surface area contributed by atoms with Crippen molar-refractivity contribution in [3.8, 4) is 5.75 Å². The Bertz CT molecular complexity index is 992. The molecular formula is C23H26N2O. The van der Waals surface area contributed by atoms with Crippen LogP contribution < -0.4 is 4.74 Å². The largest absolute Gasteiger partial charge is 0.471 e. The molecule has 0 aliphatic carbocycles. The molecule has 3 heteroatoms. The van der Waals surface area contributed by atoms with Crippen molar-refractivity contribution in [1.29, 1.82) is 0 Å². The van der Waals surface area contributed by atoms with E-state index in [-0.39, 0.29) is 6.23 Å². The number of fused-ring (bicyclic) bond motifs is 6. The summed E-state index contributed by atoms with van der Waals surface area (Å²) in [7, 11) is 0. The molecule has 6 rings (SSSR count). The maximum absolute atomic E-state index is 6.58. The Balaban J connectivity index is 1.52. The Hall–Kier alpha value is -2.26. The molecule has 3 fully saturated rings. The Morgan fingerprint density at radius 1 is 1.08 bits per heavy atom. The summed E-state index contributed by atoms with van der Waals surface area (Å²) in [5.41, 5.74) is 5.39. The predicted octanol–water partition coefficient (Wildman–Crippen LogP) is 5.48. The number of hydrogen-bond donors (Lipinski definition) is 1. The van der Waals surface area contributed by atoms with E-state index >= 15 is 0 Å². The van der Waals surface area contributed by atoms with Crippen molar-refractivity contribution in [2.24, 2.45) is 5.92 Å². The summed E-state index contributed by atoms with van der Waals surface area (Å²) >= 11 is 0. The number of rotatable bonds is 3. The van der Waals surface area contributed by atoms with Crippen molar-refractivity contribution >= 4 is 21.8 Å². The van der Waals surface area contributed by atoms with E-state index in [1.807, 2.05) is 0 Å². The number of nitrogens with zero attached hydrogens (tertiary/aromatic N) is 1. The lowest BCUT2D eigenvalue weighted by molar-refractivity contribution is -0.0145. The minimum atomic E-state index is 0.115. The van der Waals surface area contributed by atoms with E-state index in [0.29, 0.717) is 5.92 Å². The number of aromatic amines is 1. The molecule has 0 spiro atoms. The molecule has 2 aromatic carbocycles. The van der Waals surface area contributed by atoms with Crippen molar-refractivity contribution in [3.63, 3.8) is 0 Å². The van der Waals surface area contributed by atoms with Gasteiger partial charge in [-0.1, -0.05) is 30.7 Å². The second-order valence-electron chi connectivity index (χ2n) is 7.75. The molecule has 1 atom stereocenters. The number of allylic oxidation sites excluding steroid dienone is 1. The summed E-state index contributed by atoms with van der Waals surface area (Å²) < 4.78 is 6.58. The van der Waals surface area contributed by atoms with Gasteiger partial charge >= 0.3 is 0 Å². The van der Waals surface area contributed by atoms with Gasteiger partial charge in [-0.2, -0.15) is 0 Å². The average molecular weight is 346 g/mol. The summed E-state index contributed by atoms with van der Waals surface area (Å²) in [5.74, 6) is 1.67. The molecule has 134 valence electrons. The maximum Gasteiger partial charge on any atom is 0.175 e. The van der Waals surface area contributed by atoms with Crippen LogP contribution in [0.4, 0.5) is 0 Å². The van der Waals surface area contributed by atoms with Gasteiger partial charge in [0.05, 0.1) is 5.52 Å². The number of hydrogen-bond acceptors (Lipinski definition) is 2. The van der Waals surface area contributed by atoms with Crippen LogP contribution in [0.25, 0.3) is 21.8 Å². The van der Waals surface area contributed by atoms with Crippen LogP contribution in [-0.4, -0.2) is 29.2 Å². The van der Waals surface area contributed by atoms with Crippen LogP contribution in [0.2, 0.25) is 0 Å². The highest BCUT2D eigenvalue weighted by Gasteiger charge is 2.40. The number of nitrogens with one attached hydrogen (secondary N) is 1. The fourth-order valence-corrected chi connectivity index (χ4v) is 4.78. The number of piperidine rings is 3. The van der Waals surface area contributed by atoms with Crippen molar-refractivity contribution in [1.82, 2.24) is 9.88 Å². The highest BCUT2D eigenvalue weighted by molar-refractivity contribution is 6.07. The monoisotopic (exact) mass is 346 g/mol. The minimum absolute atomic E-state index is 0.115. The molecule has 4 heterocycles. The molecule has 2 bridgehead atoms. The van der Waals surface area contributed by atoms with Crippen LogP contribution in [0.15, 0.2) is 53.6 Å². The van der Waals surface area contributed by atoms with Crippen molar-refractivity contribution in [3.05, 3.63) is 53.6 Å². The molecule has 3 aliphatic heterocycles. The van der Waals surface area contributed by atoms with E-state index < -0.39 is 0 Å². The number of para-hydroxylation sites is 1. The molecule has 3 aromatic rings. The first-order chi connectivity index (χ1) is 12.7. The zero-order valence-electron chi connectivity index (χ0n) is 15.6. The number of aromatic nitrogens is 1. The van der Waals surface area contributed by atoms with Gasteiger partial charge < -0.3 is 9.72 Å². The van der Waals surface area contributed by atoms with Gasteiger partial charge in [-0.05, 0) is 55.9 Å². The smallest absolute Gasteiger partial charge is 0.175 e. The molecule has 3 saturated heterocycles. The fraction of sp³-hybridized carbons (Fsp3) is 0.391. The van der Waals surface area contributed by atoms with Crippen LogP contribution >= 0.6 is 0 Å². The summed E-state index contributed by atoms with van der Waals surface area (Å²) in [6.07, 6.45) is 3.80. The van der Waals surface area contributed by atoms with E-state index in [1.165, 1.54) is 34.7 Å². The van der Waals surface area contributed by atoms with Crippen LogP contribution in [0.1, 0.15) is 33.1 Å². The third-order valence-electron chi connectivity index (χ3n) is 6.32. The topological polar surface area (TPSA) is 28.3 Å². The molecule has 1 N–H and O–H groups in total. The minimum Gasteiger partial charge on any atom is -0.471 e. The standard InChI is InChI=1S/C23H26N2O/c1-3-15(2)22-16-10-12-25(13-11-16)23(22)26-17-8-9-19-18-6-4-5-7-20(18)24-21(19)14-17/h4-9,14,16,23-24H,3,10-13H2,1-2H3. The van der Waals surface area contributed by atoms with Gasteiger partial charge in [-0.15, -0.1) is 0 Å². The molecule has 1 aromatic heterocycles. The van der Waals surface area contributed by atoms with E-state index in [0.717, 1.165) is 30.8 Å². The summed E-state index contributed by atoms with van der Waals surface area (Å²) in [4.78, 5) is 6.05. The number of benzene rings is 2. The summed E-state index contributed by atoms with van der Waals surface area (Å²) in [6.45, 7) is 6.86. The second kappa shape index (κ2) is 6.17. The summed E-state index contributed by atoms with van der Waals surface area (Å²) in [6, 6.07) is 15.0. The Morgan fingerprint density at radius 3 is 2.65 bits per heavy atom. The number of ether oxygens (including phenoxy) is 1. The Morgan fingerprint density at radius 2 is 1.85 bits per heavy atom. The van der Waals surface area contributed by atoms with E-state index in [4.69, 9.17) is 4.74 Å². The van der Waals surface area contributed by atoms with Gasteiger partial charge in [0.15, 0.2) is 6.23 Å². The van der Waals surface area contributed by atoms with Gasteiger partial charge in [0.25, 0.3) is 0 Å². The van der Waals surface area contributed by atoms with Crippen molar-refractivity contribution < 1.29 is 4.74 Å². The Labute approximate surface area is 154 Å². The van der Waals surface area contributed by atoms with E-state index in [1.54, 1.807) is 5.57 Å². The van der Waals surface area contributed by atoms with Gasteiger partial charge in [0, 0.05) is 35.4 Å². The molecule has 0 radical (unpaired) electrons. The van der Waals surface area contributed by atoms with Crippen molar-refractivity contribution in [2.45, 2.75) is 39.3 Å². The first-order valence-electron chi connectivity index (χ1n) is 9.85. The molecular weight excluding hydrogens is 320 g/mol. The lowest BCUT2D eigenvalue weighted by Gasteiger charge is -2.47. The molecule has 1 unspecified atom stereocenters. The van der Waals surface area contributed by atoms with Gasteiger partial charge in [-0.25, -0.2) is 0 Å². The third kappa shape index (κ3) is 2.45. The normalized spacial score (nSPS) is 27.2. The number of H-pyrrole nitrogens is 1. The molecule has 3 nitrogen and oxygen atoms in total. The van der Waals surface area contributed by atoms with E-state index in [2.05, 4.69) is 66.2 Å². The van der Waals surface area contributed by atoms with Gasteiger partial charge in [0.2, 0.25) is 0 Å². The molecule has 0 saturated carbocycles. The molecule has 3 aliphatic rings. The van der Waals surface area contributed by atoms with Crippen LogP contribution in [0.3, 0.4) is 0 Å². The van der Waals surface area contributed by atoms with Gasteiger partial charge in [-0.3, -0.25) is 4.90 Å². The highest BCUT2D eigenvalue weighted by Crippen LogP contribution is 2.40.